The molecule has 0 heterocycles. The molecule has 21 heavy (non-hydrogen) atoms. The number of amides is 2. The average molecular weight is 318 g/mol. The van der Waals surface area contributed by atoms with Crippen molar-refractivity contribution in [3.8, 4) is 0 Å². The fraction of sp³-hybridized carbons (Fsp3) is 0.429. The molecule has 1 rings (SSSR count). The number of hydrogen-bond donors (Lipinski definition) is 3. The van der Waals surface area contributed by atoms with Crippen LogP contribution in [0.2, 0.25) is 0 Å². The van der Waals surface area contributed by atoms with Crippen LogP contribution in [0.5, 0.6) is 0 Å². The van der Waals surface area contributed by atoms with Gasteiger partial charge in [-0.25, -0.2) is 4.39 Å². The number of rotatable bonds is 6. The maximum Gasteiger partial charge on any atom is 0.254 e. The molecule has 0 unspecified atom stereocenters. The van der Waals surface area contributed by atoms with Gasteiger partial charge in [-0.3, -0.25) is 9.59 Å². The van der Waals surface area contributed by atoms with E-state index >= 15 is 0 Å². The monoisotopic (exact) mass is 317 g/mol. The Morgan fingerprint density at radius 1 is 1.33 bits per heavy atom. The molecule has 1 aromatic carbocycles. The molecule has 7 heteroatoms. The molecule has 0 fully saturated rings. The second-order valence-electron chi connectivity index (χ2n) is 4.54. The van der Waals surface area contributed by atoms with E-state index in [0.29, 0.717) is 12.2 Å². The van der Waals surface area contributed by atoms with E-state index in [1.165, 1.54) is 19.1 Å². The zero-order chi connectivity index (χ0) is 15.1. The Morgan fingerprint density at radius 3 is 2.57 bits per heavy atom. The first kappa shape index (κ1) is 19.3. The van der Waals surface area contributed by atoms with Crippen LogP contribution in [-0.4, -0.2) is 30.9 Å². The Hall–Kier alpha value is -1.66. The van der Waals surface area contributed by atoms with Crippen LogP contribution in [0, 0.1) is 5.82 Å². The van der Waals surface area contributed by atoms with Crippen LogP contribution in [0.3, 0.4) is 0 Å². The molecule has 0 saturated carbocycles. The summed E-state index contributed by atoms with van der Waals surface area (Å²) in [6.45, 7) is 6.43. The van der Waals surface area contributed by atoms with E-state index in [1.54, 1.807) is 0 Å². The van der Waals surface area contributed by atoms with E-state index in [4.69, 9.17) is 0 Å². The third kappa shape index (κ3) is 6.55. The van der Waals surface area contributed by atoms with Crippen molar-refractivity contribution in [1.82, 2.24) is 10.6 Å². The van der Waals surface area contributed by atoms with Crippen molar-refractivity contribution in [2.75, 3.05) is 18.4 Å². The third-order valence-corrected chi connectivity index (χ3v) is 2.65. The molecule has 0 aliphatic heterocycles. The largest absolute Gasteiger partial charge is 0.350 e. The fourth-order valence-electron chi connectivity index (χ4n) is 1.74. The lowest BCUT2D eigenvalue weighted by Gasteiger charge is -2.14. The van der Waals surface area contributed by atoms with Gasteiger partial charge in [-0.05, 0) is 31.7 Å². The van der Waals surface area contributed by atoms with Crippen LogP contribution in [0.4, 0.5) is 10.1 Å². The van der Waals surface area contributed by atoms with Gasteiger partial charge in [0, 0.05) is 25.2 Å². The van der Waals surface area contributed by atoms with Crippen molar-refractivity contribution in [3.05, 3.63) is 29.6 Å². The summed E-state index contributed by atoms with van der Waals surface area (Å²) in [6.07, 6.45) is 0. The highest BCUT2D eigenvalue weighted by Crippen LogP contribution is 2.14. The minimum absolute atomic E-state index is 0. The minimum atomic E-state index is -0.618. The van der Waals surface area contributed by atoms with E-state index in [2.05, 4.69) is 16.0 Å². The maximum absolute atomic E-state index is 13.6. The van der Waals surface area contributed by atoms with Crippen molar-refractivity contribution in [2.24, 2.45) is 0 Å². The molecule has 0 aliphatic carbocycles. The molecule has 2 amide bonds. The van der Waals surface area contributed by atoms with Crippen molar-refractivity contribution in [3.63, 3.8) is 0 Å². The molecule has 0 spiro atoms. The lowest BCUT2D eigenvalue weighted by atomic mass is 10.1. The van der Waals surface area contributed by atoms with Gasteiger partial charge in [0.25, 0.3) is 5.91 Å². The predicted octanol–water partition coefficient (Wildman–Crippen LogP) is 1.93. The molecule has 1 aromatic rings. The summed E-state index contributed by atoms with van der Waals surface area (Å²) >= 11 is 0. The van der Waals surface area contributed by atoms with Crippen LogP contribution in [0.25, 0.3) is 0 Å². The summed E-state index contributed by atoms with van der Waals surface area (Å²) in [7, 11) is 0. The first-order valence-corrected chi connectivity index (χ1v) is 6.52. The first-order chi connectivity index (χ1) is 9.43. The lowest BCUT2D eigenvalue weighted by molar-refractivity contribution is -0.114. The Labute approximate surface area is 130 Å². The van der Waals surface area contributed by atoms with Gasteiger partial charge in [0.15, 0.2) is 0 Å². The van der Waals surface area contributed by atoms with Gasteiger partial charge in [-0.2, -0.15) is 0 Å². The summed E-state index contributed by atoms with van der Waals surface area (Å²) < 4.78 is 13.6. The second kappa shape index (κ2) is 9.31. The van der Waals surface area contributed by atoms with E-state index in [0.717, 1.165) is 12.6 Å². The molecule has 0 aliphatic rings. The standard InChI is InChI=1S/C14H20FN3O2.ClH/c1-4-16-9(2)8-17-14(20)12-7-11(18-10(3)19)5-6-13(12)15;/h5-7,9,16H,4,8H2,1-3H3,(H,17,20)(H,18,19);1H/t9-;/m1./s1. The molecule has 0 saturated heterocycles. The quantitative estimate of drug-likeness (QED) is 0.751. The lowest BCUT2D eigenvalue weighted by Crippen LogP contribution is -2.39. The van der Waals surface area contributed by atoms with Gasteiger partial charge in [0.05, 0.1) is 5.56 Å². The molecule has 0 bridgehead atoms. The van der Waals surface area contributed by atoms with Crippen LogP contribution in [-0.2, 0) is 4.79 Å². The van der Waals surface area contributed by atoms with Gasteiger partial charge in [0.2, 0.25) is 5.91 Å². The summed E-state index contributed by atoms with van der Waals surface area (Å²) in [5.41, 5.74) is 0.309. The number of carbonyl (C=O) groups is 2. The smallest absolute Gasteiger partial charge is 0.254 e. The van der Waals surface area contributed by atoms with Gasteiger partial charge in [-0.15, -0.1) is 12.4 Å². The summed E-state index contributed by atoms with van der Waals surface area (Å²) in [5, 5.41) is 8.30. The number of likely N-dealkylation sites (N-methyl/N-ethyl adjacent to an activating group) is 1. The van der Waals surface area contributed by atoms with Gasteiger partial charge in [-0.1, -0.05) is 6.92 Å². The summed E-state index contributed by atoms with van der Waals surface area (Å²) in [5.74, 6) is -1.39. The second-order valence-corrected chi connectivity index (χ2v) is 4.54. The highest BCUT2D eigenvalue weighted by Gasteiger charge is 2.13. The average Bonchev–Trinajstić information content (AvgIpc) is 2.38. The van der Waals surface area contributed by atoms with Crippen molar-refractivity contribution in [1.29, 1.82) is 0 Å². The first-order valence-electron chi connectivity index (χ1n) is 6.52. The maximum atomic E-state index is 13.6. The highest BCUT2D eigenvalue weighted by molar-refractivity contribution is 5.97. The number of benzene rings is 1. The minimum Gasteiger partial charge on any atom is -0.350 e. The number of anilines is 1. The molecule has 3 N–H and O–H groups in total. The van der Waals surface area contributed by atoms with Gasteiger partial charge in [0.1, 0.15) is 5.82 Å². The number of halogens is 2. The third-order valence-electron chi connectivity index (χ3n) is 2.65. The molecule has 118 valence electrons. The normalized spacial score (nSPS) is 11.2. The topological polar surface area (TPSA) is 70.2 Å². The number of nitrogens with one attached hydrogen (secondary N) is 3. The van der Waals surface area contributed by atoms with E-state index < -0.39 is 11.7 Å². The molecule has 1 atom stereocenters. The summed E-state index contributed by atoms with van der Waals surface area (Å²) in [4.78, 5) is 22.9. The van der Waals surface area contributed by atoms with Crippen LogP contribution in [0.15, 0.2) is 18.2 Å². The fourth-order valence-corrected chi connectivity index (χ4v) is 1.74. The Morgan fingerprint density at radius 2 is 2.00 bits per heavy atom. The Bertz CT molecular complexity index is 497. The van der Waals surface area contributed by atoms with Gasteiger partial charge >= 0.3 is 0 Å². The molecule has 0 radical (unpaired) electrons. The molecular weight excluding hydrogens is 297 g/mol. The van der Waals surface area contributed by atoms with Crippen LogP contribution >= 0.6 is 12.4 Å². The van der Waals surface area contributed by atoms with E-state index in [1.807, 2.05) is 13.8 Å². The van der Waals surface area contributed by atoms with Crippen molar-refractivity contribution in [2.45, 2.75) is 26.8 Å². The molecular formula is C14H21ClFN3O2. The number of carbonyl (C=O) groups excluding carboxylic acids is 2. The van der Waals surface area contributed by atoms with E-state index in [-0.39, 0.29) is 29.9 Å². The SMILES string of the molecule is CCN[C@H](C)CNC(=O)c1cc(NC(C)=O)ccc1F.Cl. The van der Waals surface area contributed by atoms with Crippen LogP contribution in [0.1, 0.15) is 31.1 Å². The van der Waals surface area contributed by atoms with Crippen molar-refractivity contribution < 1.29 is 14.0 Å². The highest BCUT2D eigenvalue weighted by atomic mass is 35.5. The van der Waals surface area contributed by atoms with Gasteiger partial charge < -0.3 is 16.0 Å². The Kier molecular flexibility index (Phi) is 8.57. The molecule has 5 nitrogen and oxygen atoms in total. The predicted molar refractivity (Wildman–Crippen MR) is 83.4 cm³/mol. The summed E-state index contributed by atoms with van der Waals surface area (Å²) in [6, 6.07) is 4.00. The zero-order valence-corrected chi connectivity index (χ0v) is 13.1. The molecule has 0 aromatic heterocycles. The zero-order valence-electron chi connectivity index (χ0n) is 12.3. The van der Waals surface area contributed by atoms with Crippen molar-refractivity contribution >= 4 is 29.9 Å². The van der Waals surface area contributed by atoms with E-state index in [9.17, 15) is 14.0 Å². The van der Waals surface area contributed by atoms with Crippen LogP contribution < -0.4 is 16.0 Å². The number of hydrogen-bond acceptors (Lipinski definition) is 3. The Balaban J connectivity index is 0.00000400.